The van der Waals surface area contributed by atoms with E-state index in [2.05, 4.69) is 5.32 Å². The molecule has 0 radical (unpaired) electrons. The highest BCUT2D eigenvalue weighted by molar-refractivity contribution is 7.92. The van der Waals surface area contributed by atoms with Crippen LogP contribution in [0.5, 0.6) is 0 Å². The fourth-order valence-corrected chi connectivity index (χ4v) is 4.81. The molecule has 0 spiro atoms. The monoisotopic (exact) mass is 486 g/mol. The Balaban J connectivity index is 1.73. The number of benzene rings is 3. The third-order valence-electron chi connectivity index (χ3n) is 5.14. The smallest absolute Gasteiger partial charge is 0.251 e. The van der Waals surface area contributed by atoms with E-state index in [1.54, 1.807) is 43.3 Å². The van der Waals surface area contributed by atoms with Gasteiger partial charge in [-0.15, -0.1) is 0 Å². The van der Waals surface area contributed by atoms with Crippen LogP contribution < -0.4 is 9.62 Å². The van der Waals surface area contributed by atoms with Gasteiger partial charge < -0.3 is 5.32 Å². The number of carbonyl (C=O) groups excluding carboxylic acids is 1. The summed E-state index contributed by atoms with van der Waals surface area (Å²) in [6.45, 7) is 1.98. The number of amides is 1. The maximum atomic E-state index is 12.7. The van der Waals surface area contributed by atoms with E-state index < -0.39 is 19.9 Å². The predicted octanol–water partition coefficient (Wildman–Crippen LogP) is 3.55. The normalized spacial score (nSPS) is 12.7. The van der Waals surface area contributed by atoms with Gasteiger partial charge in [-0.05, 0) is 54.4 Å². The quantitative estimate of drug-likeness (QED) is 0.525. The zero-order valence-electron chi connectivity index (χ0n) is 18.6. The molecule has 0 aliphatic heterocycles. The highest BCUT2D eigenvalue weighted by Crippen LogP contribution is 2.22. The number of hydrogen-bond donors (Lipinski definition) is 1. The molecule has 1 N–H and O–H groups in total. The van der Waals surface area contributed by atoms with Crippen LogP contribution in [0.15, 0.2) is 83.8 Å². The van der Waals surface area contributed by atoms with Gasteiger partial charge in [0.1, 0.15) is 0 Å². The SMILES string of the molecule is C[C@H](NC(=O)c1ccc(N(Cc2ccccc2)S(C)(=O)=O)cc1)c1ccc(S(C)(=O)=O)cc1. The van der Waals surface area contributed by atoms with Crippen LogP contribution in [0.4, 0.5) is 5.69 Å². The van der Waals surface area contributed by atoms with E-state index in [0.717, 1.165) is 23.6 Å². The van der Waals surface area contributed by atoms with Gasteiger partial charge in [-0.25, -0.2) is 16.8 Å². The number of nitrogens with zero attached hydrogens (tertiary/aromatic N) is 1. The van der Waals surface area contributed by atoms with Gasteiger partial charge in [0.05, 0.1) is 29.4 Å². The average Bonchev–Trinajstić information content (AvgIpc) is 2.77. The lowest BCUT2D eigenvalue weighted by molar-refractivity contribution is 0.0940. The maximum Gasteiger partial charge on any atom is 0.251 e. The number of sulfonamides is 1. The second kappa shape index (κ2) is 9.76. The second-order valence-electron chi connectivity index (χ2n) is 7.84. The topological polar surface area (TPSA) is 101 Å². The Hall–Kier alpha value is -3.17. The summed E-state index contributed by atoms with van der Waals surface area (Å²) in [6, 6.07) is 21.6. The van der Waals surface area contributed by atoms with Crippen LogP contribution in [-0.2, 0) is 26.4 Å². The molecule has 0 aliphatic carbocycles. The molecule has 174 valence electrons. The van der Waals surface area contributed by atoms with Crippen LogP contribution in [0.25, 0.3) is 0 Å². The molecule has 0 unspecified atom stereocenters. The van der Waals surface area contributed by atoms with Crippen LogP contribution in [0, 0.1) is 0 Å². The molecule has 0 saturated heterocycles. The van der Waals surface area contributed by atoms with Gasteiger partial charge in [-0.2, -0.15) is 0 Å². The van der Waals surface area contributed by atoms with Crippen molar-refractivity contribution < 1.29 is 21.6 Å². The minimum Gasteiger partial charge on any atom is -0.346 e. The van der Waals surface area contributed by atoms with Crippen molar-refractivity contribution >= 4 is 31.5 Å². The molecule has 0 heterocycles. The predicted molar refractivity (Wildman–Crippen MR) is 129 cm³/mol. The van der Waals surface area contributed by atoms with E-state index in [-0.39, 0.29) is 23.4 Å². The molecule has 0 saturated carbocycles. The van der Waals surface area contributed by atoms with Crippen molar-refractivity contribution in [2.75, 3.05) is 16.8 Å². The standard InChI is InChI=1S/C24H26N2O5S2/c1-18(20-11-15-23(16-12-20)32(2,28)29)25-24(27)21-9-13-22(14-10-21)26(33(3,30)31)17-19-7-5-4-6-8-19/h4-16,18H,17H2,1-3H3,(H,25,27)/t18-/m0/s1. The van der Waals surface area contributed by atoms with Gasteiger partial charge in [0.15, 0.2) is 9.84 Å². The third-order valence-corrected chi connectivity index (χ3v) is 7.41. The number of sulfone groups is 1. The van der Waals surface area contributed by atoms with Crippen LogP contribution in [0.1, 0.15) is 34.5 Å². The summed E-state index contributed by atoms with van der Waals surface area (Å²) in [4.78, 5) is 12.9. The van der Waals surface area contributed by atoms with Crippen molar-refractivity contribution in [2.45, 2.75) is 24.4 Å². The molecule has 7 nitrogen and oxygen atoms in total. The Kier molecular flexibility index (Phi) is 7.24. The van der Waals surface area contributed by atoms with Crippen LogP contribution in [-0.4, -0.2) is 35.3 Å². The van der Waals surface area contributed by atoms with Crippen molar-refractivity contribution in [3.63, 3.8) is 0 Å². The molecule has 0 aliphatic rings. The van der Waals surface area contributed by atoms with Gasteiger partial charge in [0.25, 0.3) is 5.91 Å². The zero-order chi connectivity index (χ0) is 24.2. The summed E-state index contributed by atoms with van der Waals surface area (Å²) in [5.41, 5.74) is 2.45. The van der Waals surface area contributed by atoms with Crippen molar-refractivity contribution in [3.8, 4) is 0 Å². The third kappa shape index (κ3) is 6.43. The molecule has 3 aromatic rings. The molecule has 9 heteroatoms. The van der Waals surface area contributed by atoms with Gasteiger partial charge in [-0.3, -0.25) is 9.10 Å². The van der Waals surface area contributed by atoms with E-state index in [9.17, 15) is 21.6 Å². The van der Waals surface area contributed by atoms with Gasteiger partial charge in [0.2, 0.25) is 10.0 Å². The highest BCUT2D eigenvalue weighted by atomic mass is 32.2. The Bertz CT molecular complexity index is 1320. The van der Waals surface area contributed by atoms with Gasteiger partial charge >= 0.3 is 0 Å². The molecular formula is C24H26N2O5S2. The lowest BCUT2D eigenvalue weighted by Crippen LogP contribution is -2.29. The lowest BCUT2D eigenvalue weighted by Gasteiger charge is -2.23. The van der Waals surface area contributed by atoms with Crippen molar-refractivity contribution in [2.24, 2.45) is 0 Å². The summed E-state index contributed by atoms with van der Waals surface area (Å²) in [5, 5.41) is 2.87. The molecule has 33 heavy (non-hydrogen) atoms. The maximum absolute atomic E-state index is 12.7. The molecule has 0 fully saturated rings. The molecule has 0 aromatic heterocycles. The summed E-state index contributed by atoms with van der Waals surface area (Å²) in [5.74, 6) is -0.324. The number of hydrogen-bond acceptors (Lipinski definition) is 5. The first-order valence-electron chi connectivity index (χ1n) is 10.2. The highest BCUT2D eigenvalue weighted by Gasteiger charge is 2.19. The number of nitrogens with one attached hydrogen (secondary N) is 1. The number of anilines is 1. The van der Waals surface area contributed by atoms with E-state index >= 15 is 0 Å². The Morgan fingerprint density at radius 1 is 0.848 bits per heavy atom. The second-order valence-corrected chi connectivity index (χ2v) is 11.8. The molecular weight excluding hydrogens is 460 g/mol. The van der Waals surface area contributed by atoms with Crippen molar-refractivity contribution in [1.29, 1.82) is 0 Å². The number of rotatable bonds is 8. The van der Waals surface area contributed by atoms with Gasteiger partial charge in [0, 0.05) is 11.8 Å². The van der Waals surface area contributed by atoms with E-state index in [4.69, 9.17) is 0 Å². The first-order valence-corrected chi connectivity index (χ1v) is 13.9. The summed E-state index contributed by atoms with van der Waals surface area (Å²) in [7, 11) is -6.82. The van der Waals surface area contributed by atoms with Crippen LogP contribution in [0.3, 0.4) is 0 Å². The largest absolute Gasteiger partial charge is 0.346 e. The van der Waals surface area contributed by atoms with Crippen molar-refractivity contribution in [3.05, 3.63) is 95.6 Å². The number of carbonyl (C=O) groups is 1. The molecule has 1 amide bonds. The Morgan fingerprint density at radius 3 is 1.94 bits per heavy atom. The summed E-state index contributed by atoms with van der Waals surface area (Å²) in [6.07, 6.45) is 2.29. The Labute approximate surface area is 195 Å². The summed E-state index contributed by atoms with van der Waals surface area (Å²) >= 11 is 0. The fraction of sp³-hybridized carbons (Fsp3) is 0.208. The average molecular weight is 487 g/mol. The molecule has 3 aromatic carbocycles. The molecule has 3 rings (SSSR count). The van der Waals surface area contributed by atoms with Crippen LogP contribution in [0.2, 0.25) is 0 Å². The van der Waals surface area contributed by atoms with E-state index in [1.807, 2.05) is 30.3 Å². The first kappa shape index (κ1) is 24.5. The Morgan fingerprint density at radius 2 is 1.42 bits per heavy atom. The zero-order valence-corrected chi connectivity index (χ0v) is 20.2. The fourth-order valence-electron chi connectivity index (χ4n) is 3.30. The lowest BCUT2D eigenvalue weighted by atomic mass is 10.1. The molecule has 1 atom stereocenters. The minimum atomic E-state index is -3.53. The summed E-state index contributed by atoms with van der Waals surface area (Å²) < 4.78 is 49.2. The van der Waals surface area contributed by atoms with Crippen LogP contribution >= 0.6 is 0 Å². The van der Waals surface area contributed by atoms with E-state index in [0.29, 0.717) is 11.3 Å². The van der Waals surface area contributed by atoms with Gasteiger partial charge in [-0.1, -0.05) is 42.5 Å². The van der Waals surface area contributed by atoms with E-state index in [1.165, 1.54) is 16.4 Å². The molecule has 0 bridgehead atoms. The minimum absolute atomic E-state index is 0.186. The first-order chi connectivity index (χ1) is 15.4. The van der Waals surface area contributed by atoms with Crippen molar-refractivity contribution in [1.82, 2.24) is 5.32 Å².